The molecule has 0 unspecified atom stereocenters. The van der Waals surface area contributed by atoms with E-state index in [4.69, 9.17) is 10.00 Å². The van der Waals surface area contributed by atoms with E-state index in [0.717, 1.165) is 5.56 Å². The molecule has 0 radical (unpaired) electrons. The maximum Gasteiger partial charge on any atom is 0.310 e. The highest BCUT2D eigenvalue weighted by molar-refractivity contribution is 5.76. The van der Waals surface area contributed by atoms with Gasteiger partial charge in [-0.25, -0.2) is 0 Å². The van der Waals surface area contributed by atoms with E-state index in [2.05, 4.69) is 0 Å². The highest BCUT2D eigenvalue weighted by Gasteiger charge is 2.42. The van der Waals surface area contributed by atoms with E-state index in [9.17, 15) is 14.9 Å². The Morgan fingerprint density at radius 1 is 1.20 bits per heavy atom. The summed E-state index contributed by atoms with van der Waals surface area (Å²) in [7, 11) is 0. The number of rotatable bonds is 5. The van der Waals surface area contributed by atoms with Gasteiger partial charge in [0.05, 0.1) is 23.5 Å². The van der Waals surface area contributed by atoms with Crippen LogP contribution in [0.1, 0.15) is 35.1 Å². The predicted octanol–water partition coefficient (Wildman–Crippen LogP) is 3.22. The maximum absolute atomic E-state index is 12.4. The van der Waals surface area contributed by atoms with Crippen molar-refractivity contribution in [2.24, 2.45) is 5.92 Å². The molecule has 2 aromatic carbocycles. The number of nitrogens with zero attached hydrogens (tertiary/aromatic N) is 2. The van der Waals surface area contributed by atoms with Crippen molar-refractivity contribution in [3.05, 3.63) is 81.4 Å². The number of carbonyl (C=O) groups is 1. The minimum atomic E-state index is -0.580. The van der Waals surface area contributed by atoms with Gasteiger partial charge in [-0.3, -0.25) is 14.9 Å². The molecule has 0 N–H and O–H groups in total. The van der Waals surface area contributed by atoms with Crippen LogP contribution in [0.2, 0.25) is 0 Å². The first-order chi connectivity index (χ1) is 12.1. The molecular weight excluding hydrogens is 320 g/mol. The van der Waals surface area contributed by atoms with Gasteiger partial charge in [0.1, 0.15) is 6.10 Å². The molecule has 0 aliphatic carbocycles. The van der Waals surface area contributed by atoms with Crippen LogP contribution in [0.15, 0.2) is 54.6 Å². The van der Waals surface area contributed by atoms with Gasteiger partial charge in [0.15, 0.2) is 0 Å². The van der Waals surface area contributed by atoms with Crippen molar-refractivity contribution in [1.82, 2.24) is 0 Å². The zero-order chi connectivity index (χ0) is 17.8. The zero-order valence-corrected chi connectivity index (χ0v) is 13.4. The van der Waals surface area contributed by atoms with Crippen LogP contribution < -0.4 is 0 Å². The van der Waals surface area contributed by atoms with Crippen LogP contribution in [0.4, 0.5) is 0 Å². The molecule has 1 saturated heterocycles. The predicted molar refractivity (Wildman–Crippen MR) is 89.1 cm³/mol. The van der Waals surface area contributed by atoms with Crippen LogP contribution >= 0.6 is 0 Å². The second-order valence-corrected chi connectivity index (χ2v) is 6.03. The maximum atomic E-state index is 12.4. The number of ether oxygens (including phenoxy) is 1. The molecule has 25 heavy (non-hydrogen) atoms. The molecule has 6 nitrogen and oxygen atoms in total. The summed E-state index contributed by atoms with van der Waals surface area (Å²) in [5.41, 5.74) is 2.03. The van der Waals surface area contributed by atoms with Gasteiger partial charge in [-0.15, -0.1) is 0 Å². The molecule has 3 rings (SSSR count). The van der Waals surface area contributed by atoms with Gasteiger partial charge < -0.3 is 4.74 Å². The summed E-state index contributed by atoms with van der Waals surface area (Å²) in [5.74, 6) is -1.57. The number of nitriles is 1. The number of cyclic esters (lactones) is 1. The topological polar surface area (TPSA) is 93.2 Å². The third-order valence-electron chi connectivity index (χ3n) is 4.50. The summed E-state index contributed by atoms with van der Waals surface area (Å²) in [6.07, 6.45) is 0.0211. The van der Waals surface area contributed by atoms with Crippen molar-refractivity contribution < 1.29 is 14.5 Å². The molecular formula is C19H16N2O4. The lowest BCUT2D eigenvalue weighted by Crippen LogP contribution is -2.24. The molecule has 1 aliphatic heterocycles. The van der Waals surface area contributed by atoms with Crippen LogP contribution in [0.3, 0.4) is 0 Å². The molecule has 3 atom stereocenters. The van der Waals surface area contributed by atoms with Crippen LogP contribution in [-0.4, -0.2) is 17.4 Å². The van der Waals surface area contributed by atoms with Gasteiger partial charge in [0, 0.05) is 11.3 Å². The fourth-order valence-corrected chi connectivity index (χ4v) is 3.23. The summed E-state index contributed by atoms with van der Waals surface area (Å²) in [4.78, 5) is 23.1. The van der Waals surface area contributed by atoms with Gasteiger partial charge in [0.25, 0.3) is 0 Å². The highest BCUT2D eigenvalue weighted by atomic mass is 16.6. The van der Waals surface area contributed by atoms with Crippen LogP contribution in [0.5, 0.6) is 0 Å². The molecule has 126 valence electrons. The standard InChI is InChI=1S/C19H16N2O4/c20-11-13-6-8-14(9-7-13)17(12-21(23)24)16-10-18(25-19(16)22)15-4-2-1-3-5-15/h1-9,16-18H,10,12H2/t16-,17-,18+/m1/s1. The van der Waals surface area contributed by atoms with E-state index >= 15 is 0 Å². The van der Waals surface area contributed by atoms with Gasteiger partial charge in [0.2, 0.25) is 6.54 Å². The van der Waals surface area contributed by atoms with E-state index in [1.54, 1.807) is 24.3 Å². The molecule has 0 aromatic heterocycles. The van der Waals surface area contributed by atoms with E-state index in [-0.39, 0.29) is 12.6 Å². The fourth-order valence-electron chi connectivity index (χ4n) is 3.23. The number of hydrogen-bond donors (Lipinski definition) is 0. The monoisotopic (exact) mass is 336 g/mol. The average molecular weight is 336 g/mol. The number of hydrogen-bond acceptors (Lipinski definition) is 5. The summed E-state index contributed by atoms with van der Waals surface area (Å²) >= 11 is 0. The Morgan fingerprint density at radius 3 is 2.48 bits per heavy atom. The minimum absolute atomic E-state index is 0.354. The minimum Gasteiger partial charge on any atom is -0.457 e. The Bertz CT molecular complexity index is 812. The second kappa shape index (κ2) is 7.14. The molecule has 0 spiro atoms. The first-order valence-corrected chi connectivity index (χ1v) is 7.96. The largest absolute Gasteiger partial charge is 0.457 e. The van der Waals surface area contributed by atoms with Crippen molar-refractivity contribution in [1.29, 1.82) is 5.26 Å². The quantitative estimate of drug-likeness (QED) is 0.475. The van der Waals surface area contributed by atoms with Crippen molar-refractivity contribution >= 4 is 5.97 Å². The number of carbonyl (C=O) groups excluding carboxylic acids is 1. The Morgan fingerprint density at radius 2 is 1.88 bits per heavy atom. The third-order valence-corrected chi connectivity index (χ3v) is 4.50. The Kier molecular flexibility index (Phi) is 4.75. The van der Waals surface area contributed by atoms with Gasteiger partial charge >= 0.3 is 5.97 Å². The van der Waals surface area contributed by atoms with E-state index < -0.39 is 22.7 Å². The van der Waals surface area contributed by atoms with Crippen molar-refractivity contribution in [3.8, 4) is 6.07 Å². The van der Waals surface area contributed by atoms with Gasteiger partial charge in [-0.2, -0.15) is 5.26 Å². The van der Waals surface area contributed by atoms with Crippen LogP contribution in [-0.2, 0) is 9.53 Å². The lowest BCUT2D eigenvalue weighted by molar-refractivity contribution is -0.484. The van der Waals surface area contributed by atoms with Crippen LogP contribution in [0, 0.1) is 27.4 Å². The molecule has 1 fully saturated rings. The number of esters is 1. The molecule has 0 bridgehead atoms. The molecule has 0 saturated carbocycles. The normalized spacial score (nSPS) is 20.5. The fraction of sp³-hybridized carbons (Fsp3) is 0.263. The third kappa shape index (κ3) is 3.66. The lowest BCUT2D eigenvalue weighted by Gasteiger charge is -2.17. The first-order valence-electron chi connectivity index (χ1n) is 7.96. The van der Waals surface area contributed by atoms with Gasteiger partial charge in [-0.05, 0) is 23.3 Å². The number of benzene rings is 2. The van der Waals surface area contributed by atoms with Crippen molar-refractivity contribution in [2.75, 3.05) is 6.54 Å². The smallest absolute Gasteiger partial charge is 0.310 e. The Hall–Kier alpha value is -3.20. The van der Waals surface area contributed by atoms with Gasteiger partial charge in [-0.1, -0.05) is 42.5 Å². The molecule has 1 heterocycles. The zero-order valence-electron chi connectivity index (χ0n) is 13.4. The second-order valence-electron chi connectivity index (χ2n) is 6.03. The molecule has 0 amide bonds. The van der Waals surface area contributed by atoms with E-state index in [0.29, 0.717) is 17.5 Å². The summed E-state index contributed by atoms with van der Waals surface area (Å²) < 4.78 is 5.48. The van der Waals surface area contributed by atoms with E-state index in [1.165, 1.54) is 0 Å². The van der Waals surface area contributed by atoms with E-state index in [1.807, 2.05) is 36.4 Å². The van der Waals surface area contributed by atoms with Crippen molar-refractivity contribution in [3.63, 3.8) is 0 Å². The number of nitro groups is 1. The summed E-state index contributed by atoms with van der Waals surface area (Å²) in [6.45, 7) is -0.354. The molecule has 6 heteroatoms. The lowest BCUT2D eigenvalue weighted by atomic mass is 9.83. The first kappa shape index (κ1) is 16.7. The SMILES string of the molecule is N#Cc1ccc([C@@H](C[N+](=O)[O-])[C@H]2C[C@@H](c3ccccc3)OC2=O)cc1. The molecule has 1 aliphatic rings. The van der Waals surface area contributed by atoms with Crippen molar-refractivity contribution in [2.45, 2.75) is 18.4 Å². The van der Waals surface area contributed by atoms with Crippen LogP contribution in [0.25, 0.3) is 0 Å². The Labute approximate surface area is 144 Å². The molecule has 2 aromatic rings. The summed E-state index contributed by atoms with van der Waals surface area (Å²) in [6, 6.07) is 18.0. The highest BCUT2D eigenvalue weighted by Crippen LogP contribution is 2.41. The summed E-state index contributed by atoms with van der Waals surface area (Å²) in [5, 5.41) is 20.0. The Balaban J connectivity index is 1.87. The average Bonchev–Trinajstić information content (AvgIpc) is 3.02.